The van der Waals surface area contributed by atoms with Crippen LogP contribution in [0.3, 0.4) is 0 Å². The summed E-state index contributed by atoms with van der Waals surface area (Å²) in [5, 5.41) is 0. The van der Waals surface area contributed by atoms with Gasteiger partial charge in [-0.1, -0.05) is 5.54 Å². The Labute approximate surface area is 155 Å². The second-order valence-corrected chi connectivity index (χ2v) is 23.6. The molecule has 0 fully saturated rings. The molecule has 0 radical (unpaired) electrons. The third-order valence-electron chi connectivity index (χ3n) is 3.66. The third-order valence-corrected chi connectivity index (χ3v) is 18.8. The van der Waals surface area contributed by atoms with Crippen LogP contribution in [0.4, 0.5) is 0 Å². The Morgan fingerprint density at radius 1 is 0.792 bits per heavy atom. The van der Waals surface area contributed by atoms with Gasteiger partial charge in [0.2, 0.25) is 0 Å². The van der Waals surface area contributed by atoms with Crippen LogP contribution in [0.1, 0.15) is 14.3 Å². The van der Waals surface area contributed by atoms with E-state index in [9.17, 15) is 0 Å². The molecule has 0 aliphatic carbocycles. The Kier molecular flexibility index (Phi) is 9.89. The van der Waals surface area contributed by atoms with E-state index < -0.39 is 33.8 Å². The Bertz CT molecular complexity index is 433. The maximum atomic E-state index is 6.48. The maximum absolute atomic E-state index is 6.48. The highest BCUT2D eigenvalue weighted by Crippen LogP contribution is 2.26. The molecule has 24 heavy (non-hydrogen) atoms. The zero-order valence-electron chi connectivity index (χ0n) is 16.7. The summed E-state index contributed by atoms with van der Waals surface area (Å²) in [5.74, 6) is 0. The fraction of sp³-hybridized carbons (Fsp3) is 0.867. The minimum Gasteiger partial charge on any atom is -0.436 e. The molecular weight excluding hydrogens is 369 g/mol. The Balaban J connectivity index is 0. The lowest BCUT2D eigenvalue weighted by molar-refractivity contribution is 0.334. The smallest absolute Gasteiger partial charge is 0.401 e. The lowest BCUT2D eigenvalue weighted by Crippen LogP contribution is -2.57. The lowest BCUT2D eigenvalue weighted by atomic mass is 10.5. The first-order valence-corrected chi connectivity index (χ1v) is 20.2. The molecule has 0 aliphatic rings. The van der Waals surface area contributed by atoms with Gasteiger partial charge in [0.15, 0.2) is 16.6 Å². The van der Waals surface area contributed by atoms with Crippen LogP contribution in [-0.4, -0.2) is 46.8 Å². The first kappa shape index (κ1) is 24.2. The predicted molar refractivity (Wildman–Crippen MR) is 115 cm³/mol. The SMILES string of the molecule is C#C[Si](C)(O[Si](C)(C)CCCN)O[Si](C)(C)O[Si](C)(C)CCCN.[HH]. The fourth-order valence-electron chi connectivity index (χ4n) is 2.92. The van der Waals surface area contributed by atoms with E-state index in [0.717, 1.165) is 24.9 Å². The molecule has 9 heteroatoms. The van der Waals surface area contributed by atoms with Gasteiger partial charge < -0.3 is 23.8 Å². The van der Waals surface area contributed by atoms with Crippen LogP contribution < -0.4 is 11.5 Å². The summed E-state index contributed by atoms with van der Waals surface area (Å²) in [6.07, 6.45) is 7.77. The molecule has 0 aromatic heterocycles. The normalized spacial score (nSPS) is 15.8. The number of hydrogen-bond donors (Lipinski definition) is 2. The van der Waals surface area contributed by atoms with Gasteiger partial charge in [-0.25, -0.2) is 0 Å². The molecule has 0 spiro atoms. The van der Waals surface area contributed by atoms with Crippen LogP contribution in [0.15, 0.2) is 0 Å². The van der Waals surface area contributed by atoms with Gasteiger partial charge in [-0.3, -0.25) is 0 Å². The van der Waals surface area contributed by atoms with Gasteiger partial charge in [-0.2, -0.15) is 0 Å². The van der Waals surface area contributed by atoms with E-state index in [0.29, 0.717) is 13.1 Å². The molecule has 0 aromatic rings. The number of hydrogen-bond acceptors (Lipinski definition) is 5. The molecule has 0 aliphatic heterocycles. The second-order valence-electron chi connectivity index (χ2n) is 8.10. The standard InChI is InChI=1S/C15H38N2O3Si4.H2/c1-9-24(8,19-22(4,5)15-11-13-17)20-23(6,7)18-21(2,3)14-10-12-16;/h1H,10-17H2,2-8H3;1H. The average Bonchev–Trinajstić information content (AvgIpc) is 2.40. The monoisotopic (exact) mass is 408 g/mol. The first-order chi connectivity index (χ1) is 10.8. The summed E-state index contributed by atoms with van der Waals surface area (Å²) in [6.45, 7) is 16.3. The number of nitrogens with two attached hydrogens (primary N) is 2. The van der Waals surface area contributed by atoms with E-state index in [1.54, 1.807) is 0 Å². The zero-order valence-corrected chi connectivity index (χ0v) is 20.7. The van der Waals surface area contributed by atoms with Crippen molar-refractivity contribution in [2.75, 3.05) is 13.1 Å². The molecule has 0 bridgehead atoms. The number of rotatable bonds is 12. The van der Waals surface area contributed by atoms with Crippen molar-refractivity contribution in [1.29, 1.82) is 0 Å². The van der Waals surface area contributed by atoms with Crippen molar-refractivity contribution in [3.63, 3.8) is 0 Å². The summed E-state index contributed by atoms with van der Waals surface area (Å²) in [7, 11) is -8.74. The molecule has 0 aromatic carbocycles. The molecule has 0 amide bonds. The largest absolute Gasteiger partial charge is 0.436 e. The highest BCUT2D eigenvalue weighted by Gasteiger charge is 2.45. The van der Waals surface area contributed by atoms with Gasteiger partial charge in [-0.15, -0.1) is 6.42 Å². The molecule has 0 saturated carbocycles. The minimum atomic E-state index is -2.69. The quantitative estimate of drug-likeness (QED) is 0.382. The maximum Gasteiger partial charge on any atom is 0.401 e. The summed E-state index contributed by atoms with van der Waals surface area (Å²) >= 11 is 0. The molecule has 1 atom stereocenters. The van der Waals surface area contributed by atoms with Crippen LogP contribution in [0.2, 0.25) is 57.9 Å². The first-order valence-electron chi connectivity index (χ1n) is 8.79. The van der Waals surface area contributed by atoms with Gasteiger partial charge >= 0.3 is 17.1 Å². The molecule has 0 rings (SSSR count). The van der Waals surface area contributed by atoms with Crippen LogP contribution >= 0.6 is 0 Å². The second kappa shape index (κ2) is 9.80. The lowest BCUT2D eigenvalue weighted by Gasteiger charge is -2.40. The Hall–Kier alpha value is 0.228. The highest BCUT2D eigenvalue weighted by molar-refractivity contribution is 6.92. The van der Waals surface area contributed by atoms with Crippen molar-refractivity contribution in [2.24, 2.45) is 11.5 Å². The predicted octanol–water partition coefficient (Wildman–Crippen LogP) is 3.34. The summed E-state index contributed by atoms with van der Waals surface area (Å²) in [5.41, 5.74) is 14.1. The molecular formula is C15H40N2O3Si4. The Morgan fingerprint density at radius 2 is 1.21 bits per heavy atom. The third kappa shape index (κ3) is 10.3. The van der Waals surface area contributed by atoms with Crippen LogP contribution in [-0.2, 0) is 12.3 Å². The van der Waals surface area contributed by atoms with Crippen molar-refractivity contribution < 1.29 is 13.8 Å². The molecule has 1 unspecified atom stereocenters. The summed E-state index contributed by atoms with van der Waals surface area (Å²) in [6, 6.07) is 2.03. The van der Waals surface area contributed by atoms with Crippen molar-refractivity contribution in [3.8, 4) is 12.0 Å². The van der Waals surface area contributed by atoms with Gasteiger partial charge in [0.05, 0.1) is 0 Å². The van der Waals surface area contributed by atoms with Crippen LogP contribution in [0, 0.1) is 12.0 Å². The van der Waals surface area contributed by atoms with E-state index in [1.165, 1.54) is 0 Å². The van der Waals surface area contributed by atoms with Gasteiger partial charge in [-0.05, 0) is 83.8 Å². The topological polar surface area (TPSA) is 79.7 Å². The highest BCUT2D eigenvalue weighted by atomic mass is 28.5. The summed E-state index contributed by atoms with van der Waals surface area (Å²) < 4.78 is 19.3. The van der Waals surface area contributed by atoms with E-state index in [1.807, 2.05) is 6.55 Å². The van der Waals surface area contributed by atoms with E-state index >= 15 is 0 Å². The van der Waals surface area contributed by atoms with Crippen molar-refractivity contribution >= 4 is 33.8 Å². The Morgan fingerprint density at radius 3 is 1.58 bits per heavy atom. The van der Waals surface area contributed by atoms with E-state index in [4.69, 9.17) is 30.2 Å². The zero-order chi connectivity index (χ0) is 19.1. The minimum absolute atomic E-state index is 0. The fourth-order valence-corrected chi connectivity index (χ4v) is 20.7. The van der Waals surface area contributed by atoms with Gasteiger partial charge in [0.25, 0.3) is 0 Å². The van der Waals surface area contributed by atoms with Crippen molar-refractivity contribution in [1.82, 2.24) is 0 Å². The van der Waals surface area contributed by atoms with Crippen LogP contribution in [0.5, 0.6) is 0 Å². The molecule has 5 nitrogen and oxygen atoms in total. The molecule has 4 N–H and O–H groups in total. The van der Waals surface area contributed by atoms with E-state index in [2.05, 4.69) is 44.8 Å². The van der Waals surface area contributed by atoms with Gasteiger partial charge in [0.1, 0.15) is 0 Å². The molecule has 0 saturated heterocycles. The average molecular weight is 409 g/mol. The summed E-state index contributed by atoms with van der Waals surface area (Å²) in [4.78, 5) is 0. The van der Waals surface area contributed by atoms with E-state index in [-0.39, 0.29) is 1.43 Å². The van der Waals surface area contributed by atoms with Crippen molar-refractivity contribution in [2.45, 2.75) is 70.8 Å². The van der Waals surface area contributed by atoms with Crippen molar-refractivity contribution in [3.05, 3.63) is 0 Å². The molecule has 0 heterocycles. The molecule has 144 valence electrons. The number of terminal acetylenes is 1. The van der Waals surface area contributed by atoms with Crippen LogP contribution in [0.25, 0.3) is 0 Å². The van der Waals surface area contributed by atoms with Gasteiger partial charge in [0, 0.05) is 1.43 Å².